The highest BCUT2D eigenvalue weighted by molar-refractivity contribution is 5.89. The molecule has 1 aromatic heterocycles. The number of hydrogen-bond acceptors (Lipinski definition) is 5. The van der Waals surface area contributed by atoms with Gasteiger partial charge in [0.1, 0.15) is 5.75 Å². The standard InChI is InChI=1S/C14H14N2O3/c1-18-14(17)11-3-5-12(6-4-11)19-13-7-2-10(8-15)9-16-13/h2-7,9H,8,15H2,1H3. The topological polar surface area (TPSA) is 74.4 Å². The van der Waals surface area contributed by atoms with E-state index in [1.807, 2.05) is 6.07 Å². The minimum atomic E-state index is -0.378. The maximum absolute atomic E-state index is 11.3. The molecule has 5 nitrogen and oxygen atoms in total. The molecule has 0 unspecified atom stereocenters. The second-order valence-electron chi connectivity index (χ2n) is 3.83. The highest BCUT2D eigenvalue weighted by atomic mass is 16.5. The van der Waals surface area contributed by atoms with E-state index in [1.165, 1.54) is 7.11 Å². The number of carbonyl (C=O) groups is 1. The number of pyridine rings is 1. The Morgan fingerprint density at radius 1 is 1.21 bits per heavy atom. The molecular formula is C14H14N2O3. The summed E-state index contributed by atoms with van der Waals surface area (Å²) in [5, 5.41) is 0. The average Bonchev–Trinajstić information content (AvgIpc) is 2.48. The van der Waals surface area contributed by atoms with E-state index in [2.05, 4.69) is 9.72 Å². The number of aromatic nitrogens is 1. The SMILES string of the molecule is COC(=O)c1ccc(Oc2ccc(CN)cn2)cc1. The van der Waals surface area contributed by atoms with Crippen molar-refractivity contribution in [2.75, 3.05) is 7.11 Å². The van der Waals surface area contributed by atoms with Crippen LogP contribution in [0.25, 0.3) is 0 Å². The Hall–Kier alpha value is -2.40. The zero-order chi connectivity index (χ0) is 13.7. The summed E-state index contributed by atoms with van der Waals surface area (Å²) in [6.45, 7) is 0.446. The largest absolute Gasteiger partial charge is 0.465 e. The van der Waals surface area contributed by atoms with Gasteiger partial charge in [-0.1, -0.05) is 6.07 Å². The van der Waals surface area contributed by atoms with E-state index in [9.17, 15) is 4.79 Å². The first-order chi connectivity index (χ1) is 9.22. The van der Waals surface area contributed by atoms with Gasteiger partial charge in [-0.25, -0.2) is 9.78 Å². The Bertz CT molecular complexity index is 550. The van der Waals surface area contributed by atoms with Crippen molar-refractivity contribution in [1.82, 2.24) is 4.98 Å². The zero-order valence-corrected chi connectivity index (χ0v) is 10.5. The molecule has 0 aliphatic heterocycles. The van der Waals surface area contributed by atoms with Crippen LogP contribution in [0.2, 0.25) is 0 Å². The van der Waals surface area contributed by atoms with Gasteiger partial charge >= 0.3 is 5.97 Å². The van der Waals surface area contributed by atoms with Crippen LogP contribution in [0.1, 0.15) is 15.9 Å². The number of methoxy groups -OCH3 is 1. The van der Waals surface area contributed by atoms with Crippen LogP contribution in [-0.2, 0) is 11.3 Å². The predicted molar refractivity (Wildman–Crippen MR) is 70.0 cm³/mol. The average molecular weight is 258 g/mol. The lowest BCUT2D eigenvalue weighted by atomic mass is 10.2. The van der Waals surface area contributed by atoms with Crippen molar-refractivity contribution in [1.29, 1.82) is 0 Å². The molecule has 0 saturated carbocycles. The van der Waals surface area contributed by atoms with Crippen molar-refractivity contribution in [2.45, 2.75) is 6.54 Å². The third-order valence-corrected chi connectivity index (χ3v) is 2.53. The van der Waals surface area contributed by atoms with Gasteiger partial charge in [-0.15, -0.1) is 0 Å². The molecular weight excluding hydrogens is 244 g/mol. The first-order valence-corrected chi connectivity index (χ1v) is 5.74. The van der Waals surface area contributed by atoms with Crippen molar-refractivity contribution in [3.63, 3.8) is 0 Å². The molecule has 2 aromatic rings. The molecule has 2 rings (SSSR count). The lowest BCUT2D eigenvalue weighted by Crippen LogP contribution is -2.00. The number of nitrogens with two attached hydrogens (primary N) is 1. The summed E-state index contributed by atoms with van der Waals surface area (Å²) in [5.74, 6) is 0.695. The fraction of sp³-hybridized carbons (Fsp3) is 0.143. The van der Waals surface area contributed by atoms with Crippen molar-refractivity contribution < 1.29 is 14.3 Å². The van der Waals surface area contributed by atoms with Gasteiger partial charge < -0.3 is 15.2 Å². The summed E-state index contributed by atoms with van der Waals surface area (Å²) in [7, 11) is 1.34. The minimum Gasteiger partial charge on any atom is -0.465 e. The lowest BCUT2D eigenvalue weighted by molar-refractivity contribution is 0.0600. The van der Waals surface area contributed by atoms with E-state index < -0.39 is 0 Å². The maximum Gasteiger partial charge on any atom is 0.337 e. The Labute approximate surface area is 111 Å². The van der Waals surface area contributed by atoms with Crippen LogP contribution in [0.15, 0.2) is 42.6 Å². The molecule has 1 aromatic carbocycles. The Morgan fingerprint density at radius 2 is 1.95 bits per heavy atom. The summed E-state index contributed by atoms with van der Waals surface area (Å²) in [6.07, 6.45) is 1.66. The van der Waals surface area contributed by atoms with Crippen LogP contribution in [0.3, 0.4) is 0 Å². The Balaban J connectivity index is 2.08. The number of benzene rings is 1. The molecule has 0 aliphatic rings. The van der Waals surface area contributed by atoms with E-state index >= 15 is 0 Å². The van der Waals surface area contributed by atoms with E-state index in [0.717, 1.165) is 5.56 Å². The Kier molecular flexibility index (Phi) is 4.10. The minimum absolute atomic E-state index is 0.378. The highest BCUT2D eigenvalue weighted by Gasteiger charge is 2.05. The fourth-order valence-corrected chi connectivity index (χ4v) is 1.49. The van der Waals surface area contributed by atoms with Gasteiger partial charge in [0.15, 0.2) is 0 Å². The molecule has 19 heavy (non-hydrogen) atoms. The van der Waals surface area contributed by atoms with Gasteiger partial charge in [-0.05, 0) is 29.8 Å². The van der Waals surface area contributed by atoms with E-state index in [-0.39, 0.29) is 5.97 Å². The molecule has 98 valence electrons. The molecule has 0 bridgehead atoms. The smallest absolute Gasteiger partial charge is 0.337 e. The van der Waals surface area contributed by atoms with E-state index in [1.54, 1.807) is 36.5 Å². The van der Waals surface area contributed by atoms with Crippen molar-refractivity contribution in [2.24, 2.45) is 5.73 Å². The zero-order valence-electron chi connectivity index (χ0n) is 10.5. The van der Waals surface area contributed by atoms with Gasteiger partial charge in [0.05, 0.1) is 12.7 Å². The van der Waals surface area contributed by atoms with Crippen LogP contribution >= 0.6 is 0 Å². The summed E-state index contributed by atoms with van der Waals surface area (Å²) in [6, 6.07) is 10.2. The van der Waals surface area contributed by atoms with Gasteiger partial charge in [-0.3, -0.25) is 0 Å². The molecule has 0 radical (unpaired) electrons. The van der Waals surface area contributed by atoms with Gasteiger partial charge in [0.2, 0.25) is 5.88 Å². The van der Waals surface area contributed by atoms with Crippen molar-refractivity contribution in [3.8, 4) is 11.6 Å². The van der Waals surface area contributed by atoms with Gasteiger partial charge in [0, 0.05) is 18.8 Å². The predicted octanol–water partition coefficient (Wildman–Crippen LogP) is 2.12. The van der Waals surface area contributed by atoms with Crippen LogP contribution in [0.4, 0.5) is 0 Å². The first-order valence-electron chi connectivity index (χ1n) is 5.74. The summed E-state index contributed by atoms with van der Waals surface area (Å²) >= 11 is 0. The molecule has 1 heterocycles. The van der Waals surface area contributed by atoms with Crippen molar-refractivity contribution >= 4 is 5.97 Å². The number of nitrogens with zero attached hydrogens (tertiary/aromatic N) is 1. The lowest BCUT2D eigenvalue weighted by Gasteiger charge is -2.06. The number of ether oxygens (including phenoxy) is 2. The molecule has 0 spiro atoms. The summed E-state index contributed by atoms with van der Waals surface area (Å²) in [4.78, 5) is 15.4. The summed E-state index contributed by atoms with van der Waals surface area (Å²) < 4.78 is 10.2. The monoisotopic (exact) mass is 258 g/mol. The molecule has 0 amide bonds. The van der Waals surface area contributed by atoms with Crippen LogP contribution in [-0.4, -0.2) is 18.1 Å². The van der Waals surface area contributed by atoms with E-state index in [4.69, 9.17) is 10.5 Å². The van der Waals surface area contributed by atoms with Crippen LogP contribution in [0.5, 0.6) is 11.6 Å². The highest BCUT2D eigenvalue weighted by Crippen LogP contribution is 2.20. The van der Waals surface area contributed by atoms with Crippen LogP contribution < -0.4 is 10.5 Å². The number of rotatable bonds is 4. The maximum atomic E-state index is 11.3. The summed E-state index contributed by atoms with van der Waals surface area (Å²) in [5.41, 5.74) is 6.90. The Morgan fingerprint density at radius 3 is 2.47 bits per heavy atom. The van der Waals surface area contributed by atoms with Gasteiger partial charge in [-0.2, -0.15) is 0 Å². The van der Waals surface area contributed by atoms with E-state index in [0.29, 0.717) is 23.7 Å². The third kappa shape index (κ3) is 3.29. The number of esters is 1. The number of carbonyl (C=O) groups excluding carboxylic acids is 1. The second kappa shape index (κ2) is 5.97. The second-order valence-corrected chi connectivity index (χ2v) is 3.83. The third-order valence-electron chi connectivity index (χ3n) is 2.53. The van der Waals surface area contributed by atoms with Gasteiger partial charge in [0.25, 0.3) is 0 Å². The molecule has 0 atom stereocenters. The molecule has 0 saturated heterocycles. The molecule has 5 heteroatoms. The molecule has 2 N–H and O–H groups in total. The van der Waals surface area contributed by atoms with Crippen molar-refractivity contribution in [3.05, 3.63) is 53.7 Å². The first kappa shape index (κ1) is 13.0. The number of hydrogen-bond donors (Lipinski definition) is 1. The molecule has 0 fully saturated rings. The quantitative estimate of drug-likeness (QED) is 0.850. The normalized spacial score (nSPS) is 10.0. The molecule has 0 aliphatic carbocycles. The fourth-order valence-electron chi connectivity index (χ4n) is 1.49. The van der Waals surface area contributed by atoms with Crippen LogP contribution in [0, 0.1) is 0 Å².